The highest BCUT2D eigenvalue weighted by Gasteiger charge is 2.21. The molecule has 1 heteroatoms. The fraction of sp³-hybridized carbons (Fsp3) is 0.357. The molecule has 76 valence electrons. The summed E-state index contributed by atoms with van der Waals surface area (Å²) in [5.41, 5.74) is 4.62. The van der Waals surface area contributed by atoms with E-state index in [0.717, 1.165) is 12.3 Å². The molecule has 0 amide bonds. The molecule has 0 fully saturated rings. The Morgan fingerprint density at radius 2 is 2.00 bits per heavy atom. The van der Waals surface area contributed by atoms with Crippen molar-refractivity contribution in [3.8, 4) is 0 Å². The number of aryl methyl sites for hydroxylation is 1. The van der Waals surface area contributed by atoms with Gasteiger partial charge in [0.15, 0.2) is 0 Å². The molecule has 0 N–H and O–H groups in total. The van der Waals surface area contributed by atoms with Gasteiger partial charge in [0, 0.05) is 18.8 Å². The molecular weight excluding hydrogens is 182 g/mol. The van der Waals surface area contributed by atoms with Crippen LogP contribution in [0.2, 0.25) is 0 Å². The van der Waals surface area contributed by atoms with E-state index < -0.39 is 0 Å². The Morgan fingerprint density at radius 3 is 2.80 bits per heavy atom. The predicted octanol–water partition coefficient (Wildman–Crippen LogP) is 3.15. The van der Waals surface area contributed by atoms with E-state index in [0.29, 0.717) is 0 Å². The monoisotopic (exact) mass is 197 g/mol. The molecule has 1 aromatic carbocycles. The van der Waals surface area contributed by atoms with Gasteiger partial charge in [0.1, 0.15) is 0 Å². The van der Waals surface area contributed by atoms with Crippen molar-refractivity contribution in [2.75, 3.05) is 0 Å². The van der Waals surface area contributed by atoms with Crippen LogP contribution in [0.1, 0.15) is 24.0 Å². The summed E-state index contributed by atoms with van der Waals surface area (Å²) in [7, 11) is 0. The van der Waals surface area contributed by atoms with Crippen LogP contribution in [-0.2, 0) is 12.8 Å². The van der Waals surface area contributed by atoms with Crippen LogP contribution in [-0.4, -0.2) is 6.21 Å². The number of benzene rings is 1. The van der Waals surface area contributed by atoms with Crippen LogP contribution in [0.5, 0.6) is 0 Å². The molecule has 0 saturated carbocycles. The van der Waals surface area contributed by atoms with Gasteiger partial charge in [-0.15, -0.1) is 0 Å². The standard InChI is InChI=1S/C14H15N/c1-2-4-12-9-13(6-5-11(12)3-1)14-7-8-15-10-14/h1-4,8,10,13H,5-7,9H2. The van der Waals surface area contributed by atoms with Crippen LogP contribution in [0.15, 0.2) is 41.0 Å². The molecule has 1 aromatic rings. The highest BCUT2D eigenvalue weighted by Crippen LogP contribution is 2.32. The number of aliphatic imine (C=N–C) groups is 1. The Morgan fingerprint density at radius 1 is 1.13 bits per heavy atom. The Hall–Kier alpha value is -1.37. The summed E-state index contributed by atoms with van der Waals surface area (Å²) in [6.07, 6.45) is 8.91. The zero-order valence-corrected chi connectivity index (χ0v) is 8.82. The first kappa shape index (κ1) is 8.90. The summed E-state index contributed by atoms with van der Waals surface area (Å²) < 4.78 is 0. The molecule has 0 radical (unpaired) electrons. The molecule has 0 saturated heterocycles. The molecule has 15 heavy (non-hydrogen) atoms. The van der Waals surface area contributed by atoms with E-state index in [1.165, 1.54) is 24.8 Å². The van der Waals surface area contributed by atoms with E-state index in [9.17, 15) is 0 Å². The maximum Gasteiger partial charge on any atom is 0.0262 e. The summed E-state index contributed by atoms with van der Waals surface area (Å²) in [6.45, 7) is 0. The lowest BCUT2D eigenvalue weighted by atomic mass is 9.80. The molecule has 0 aromatic heterocycles. The molecule has 3 rings (SSSR count). The third-order valence-electron chi connectivity index (χ3n) is 3.54. The zero-order valence-electron chi connectivity index (χ0n) is 8.82. The van der Waals surface area contributed by atoms with Gasteiger partial charge < -0.3 is 0 Å². The highest BCUT2D eigenvalue weighted by molar-refractivity contribution is 5.65. The van der Waals surface area contributed by atoms with Crippen molar-refractivity contribution in [1.82, 2.24) is 0 Å². The van der Waals surface area contributed by atoms with E-state index in [2.05, 4.69) is 35.5 Å². The quantitative estimate of drug-likeness (QED) is 0.655. The average Bonchev–Trinajstić information content (AvgIpc) is 2.82. The van der Waals surface area contributed by atoms with Crippen molar-refractivity contribution in [2.45, 2.75) is 25.7 Å². The molecule has 1 aliphatic heterocycles. The van der Waals surface area contributed by atoms with Crippen LogP contribution < -0.4 is 0 Å². The fourth-order valence-corrected chi connectivity index (χ4v) is 2.65. The molecule has 1 unspecified atom stereocenters. The number of fused-ring (bicyclic) bond motifs is 1. The molecule has 0 bridgehead atoms. The highest BCUT2D eigenvalue weighted by atomic mass is 14.7. The average molecular weight is 197 g/mol. The number of allylic oxidation sites excluding steroid dienone is 1. The van der Waals surface area contributed by atoms with Crippen LogP contribution in [0, 0.1) is 5.92 Å². The predicted molar refractivity (Wildman–Crippen MR) is 63.1 cm³/mol. The van der Waals surface area contributed by atoms with E-state index in [1.54, 1.807) is 11.1 Å². The fourth-order valence-electron chi connectivity index (χ4n) is 2.65. The summed E-state index contributed by atoms with van der Waals surface area (Å²) in [6, 6.07) is 8.85. The number of hydrogen-bond donors (Lipinski definition) is 0. The summed E-state index contributed by atoms with van der Waals surface area (Å²) in [4.78, 5) is 4.21. The first-order chi connectivity index (χ1) is 7.43. The van der Waals surface area contributed by atoms with Crippen molar-refractivity contribution in [2.24, 2.45) is 10.9 Å². The van der Waals surface area contributed by atoms with Crippen LogP contribution in [0.3, 0.4) is 0 Å². The Bertz CT molecular complexity index is 429. The van der Waals surface area contributed by atoms with Crippen LogP contribution in [0.4, 0.5) is 0 Å². The minimum absolute atomic E-state index is 0.738. The van der Waals surface area contributed by atoms with Crippen LogP contribution in [0.25, 0.3) is 0 Å². The Kier molecular flexibility index (Phi) is 2.17. The molecule has 1 atom stereocenters. The number of nitrogens with zero attached hydrogens (tertiary/aromatic N) is 1. The third-order valence-corrected chi connectivity index (χ3v) is 3.54. The van der Waals surface area contributed by atoms with Crippen molar-refractivity contribution < 1.29 is 0 Å². The van der Waals surface area contributed by atoms with Gasteiger partial charge in [-0.3, -0.25) is 4.99 Å². The van der Waals surface area contributed by atoms with Gasteiger partial charge in [0.25, 0.3) is 0 Å². The maximum absolute atomic E-state index is 4.21. The first-order valence-corrected chi connectivity index (χ1v) is 5.71. The van der Waals surface area contributed by atoms with Gasteiger partial charge in [-0.25, -0.2) is 0 Å². The smallest absolute Gasteiger partial charge is 0.0262 e. The number of hydrogen-bond acceptors (Lipinski definition) is 1. The maximum atomic E-state index is 4.21. The largest absolute Gasteiger partial charge is 0.269 e. The van der Waals surface area contributed by atoms with E-state index >= 15 is 0 Å². The van der Waals surface area contributed by atoms with E-state index in [1.807, 2.05) is 6.21 Å². The lowest BCUT2D eigenvalue weighted by Gasteiger charge is -2.25. The third kappa shape index (κ3) is 1.63. The minimum atomic E-state index is 0.738. The molecule has 1 heterocycles. The second-order valence-corrected chi connectivity index (χ2v) is 4.45. The van der Waals surface area contributed by atoms with Crippen molar-refractivity contribution in [1.29, 1.82) is 0 Å². The zero-order chi connectivity index (χ0) is 10.1. The minimum Gasteiger partial charge on any atom is -0.269 e. The van der Waals surface area contributed by atoms with Crippen LogP contribution >= 0.6 is 0 Å². The topological polar surface area (TPSA) is 12.4 Å². The molecular formula is C14H15N. The normalized spacial score (nSPS) is 23.7. The summed E-state index contributed by atoms with van der Waals surface area (Å²) in [5, 5.41) is 0. The molecule has 1 nitrogen and oxygen atoms in total. The van der Waals surface area contributed by atoms with Gasteiger partial charge in [-0.05, 0) is 41.9 Å². The Balaban J connectivity index is 1.83. The summed E-state index contributed by atoms with van der Waals surface area (Å²) in [5.74, 6) is 0.738. The lowest BCUT2D eigenvalue weighted by Crippen LogP contribution is -2.15. The lowest BCUT2D eigenvalue weighted by molar-refractivity contribution is 0.522. The second kappa shape index (κ2) is 3.65. The number of rotatable bonds is 1. The van der Waals surface area contributed by atoms with E-state index in [4.69, 9.17) is 0 Å². The van der Waals surface area contributed by atoms with Crippen molar-refractivity contribution >= 4 is 6.21 Å². The van der Waals surface area contributed by atoms with Gasteiger partial charge in [0.05, 0.1) is 0 Å². The molecule has 2 aliphatic rings. The van der Waals surface area contributed by atoms with Gasteiger partial charge >= 0.3 is 0 Å². The van der Waals surface area contributed by atoms with E-state index in [-0.39, 0.29) is 0 Å². The van der Waals surface area contributed by atoms with Gasteiger partial charge in [0.2, 0.25) is 0 Å². The van der Waals surface area contributed by atoms with Gasteiger partial charge in [-0.1, -0.05) is 24.3 Å². The second-order valence-electron chi connectivity index (χ2n) is 4.45. The molecule has 1 aliphatic carbocycles. The Labute approximate surface area is 90.5 Å². The SMILES string of the molecule is C1=NC=C(C2CCc3ccccc3C2)C1. The van der Waals surface area contributed by atoms with Crippen molar-refractivity contribution in [3.63, 3.8) is 0 Å². The summed E-state index contributed by atoms with van der Waals surface area (Å²) >= 11 is 0. The first-order valence-electron chi connectivity index (χ1n) is 5.71. The van der Waals surface area contributed by atoms with Gasteiger partial charge in [-0.2, -0.15) is 0 Å². The molecule has 0 spiro atoms. The van der Waals surface area contributed by atoms with Crippen molar-refractivity contribution in [3.05, 3.63) is 47.2 Å².